The van der Waals surface area contributed by atoms with E-state index in [1.165, 1.54) is 5.56 Å². The molecule has 110 valence electrons. The molecule has 1 aliphatic heterocycles. The molecule has 1 aliphatic rings. The van der Waals surface area contributed by atoms with Crippen molar-refractivity contribution in [1.29, 1.82) is 0 Å². The topological polar surface area (TPSA) is 44.5 Å². The van der Waals surface area contributed by atoms with Crippen molar-refractivity contribution in [1.82, 2.24) is 0 Å². The molecule has 0 bridgehead atoms. The second-order valence-corrected chi connectivity index (χ2v) is 6.66. The van der Waals surface area contributed by atoms with E-state index >= 15 is 0 Å². The molecule has 0 aromatic heterocycles. The highest BCUT2D eigenvalue weighted by molar-refractivity contribution is 9.11. The highest BCUT2D eigenvalue weighted by atomic mass is 79.9. The predicted molar refractivity (Wildman–Crippen MR) is 89.8 cm³/mol. The van der Waals surface area contributed by atoms with Crippen LogP contribution in [-0.2, 0) is 13.0 Å². The van der Waals surface area contributed by atoms with Crippen molar-refractivity contribution in [2.75, 3.05) is 6.61 Å². The summed E-state index contributed by atoms with van der Waals surface area (Å²) in [5, 5.41) is 0. The lowest BCUT2D eigenvalue weighted by Crippen LogP contribution is -2.22. The van der Waals surface area contributed by atoms with Crippen molar-refractivity contribution < 1.29 is 9.47 Å². The van der Waals surface area contributed by atoms with Crippen molar-refractivity contribution in [2.45, 2.75) is 19.1 Å². The van der Waals surface area contributed by atoms with Gasteiger partial charge in [-0.2, -0.15) is 0 Å². The van der Waals surface area contributed by atoms with E-state index in [0.717, 1.165) is 32.4 Å². The van der Waals surface area contributed by atoms with E-state index in [4.69, 9.17) is 15.2 Å². The first-order valence-corrected chi connectivity index (χ1v) is 8.31. The van der Waals surface area contributed by atoms with Crippen LogP contribution < -0.4 is 15.2 Å². The molecule has 21 heavy (non-hydrogen) atoms. The van der Waals surface area contributed by atoms with E-state index in [9.17, 15) is 0 Å². The van der Waals surface area contributed by atoms with Crippen LogP contribution in [0.1, 0.15) is 11.1 Å². The lowest BCUT2D eigenvalue weighted by molar-refractivity contribution is 0.147. The maximum absolute atomic E-state index is 5.92. The summed E-state index contributed by atoms with van der Waals surface area (Å²) >= 11 is 7.05. The Bertz CT molecular complexity index is 612. The summed E-state index contributed by atoms with van der Waals surface area (Å²) in [6.45, 7) is 1.01. The minimum atomic E-state index is 0.0513. The second kappa shape index (κ2) is 6.38. The molecule has 0 amide bonds. The zero-order valence-corrected chi connectivity index (χ0v) is 14.5. The number of benzene rings is 2. The number of hydrogen-bond acceptors (Lipinski definition) is 3. The summed E-state index contributed by atoms with van der Waals surface area (Å²) in [7, 11) is 0. The van der Waals surface area contributed by atoms with Crippen molar-refractivity contribution >= 4 is 31.9 Å². The summed E-state index contributed by atoms with van der Waals surface area (Å²) < 4.78 is 13.6. The molecule has 1 atom stereocenters. The van der Waals surface area contributed by atoms with E-state index in [-0.39, 0.29) is 6.10 Å². The average Bonchev–Trinajstić information content (AvgIpc) is 2.88. The van der Waals surface area contributed by atoms with Crippen LogP contribution in [0, 0.1) is 0 Å². The lowest BCUT2D eigenvalue weighted by Gasteiger charge is -2.15. The van der Waals surface area contributed by atoms with E-state index in [2.05, 4.69) is 37.9 Å². The highest BCUT2D eigenvalue weighted by Gasteiger charge is 2.23. The molecule has 2 aromatic carbocycles. The van der Waals surface area contributed by atoms with E-state index < -0.39 is 0 Å². The molecule has 0 aliphatic carbocycles. The Balaban J connectivity index is 1.67. The average molecular weight is 413 g/mol. The van der Waals surface area contributed by atoms with Crippen LogP contribution in [0.15, 0.2) is 45.3 Å². The maximum atomic E-state index is 5.92. The molecule has 0 saturated heterocycles. The van der Waals surface area contributed by atoms with Gasteiger partial charge in [-0.25, -0.2) is 0 Å². The molecule has 0 spiro atoms. The maximum Gasteiger partial charge on any atom is 0.147 e. The van der Waals surface area contributed by atoms with Crippen molar-refractivity contribution in [3.63, 3.8) is 0 Å². The molecular formula is C16H15Br2NO2. The number of hydrogen-bond donors (Lipinski definition) is 1. The Labute approximate surface area is 140 Å². The van der Waals surface area contributed by atoms with Gasteiger partial charge < -0.3 is 15.2 Å². The van der Waals surface area contributed by atoms with Crippen molar-refractivity contribution in [2.24, 2.45) is 5.73 Å². The van der Waals surface area contributed by atoms with Crippen LogP contribution in [0.2, 0.25) is 0 Å². The Hall–Kier alpha value is -1.04. The van der Waals surface area contributed by atoms with Gasteiger partial charge in [-0.3, -0.25) is 0 Å². The molecule has 0 fully saturated rings. The molecule has 2 N–H and O–H groups in total. The predicted octanol–water partition coefficient (Wildman–Crippen LogP) is 4.05. The zero-order chi connectivity index (χ0) is 14.8. The number of para-hydroxylation sites is 1. The van der Waals surface area contributed by atoms with Crippen LogP contribution in [0.3, 0.4) is 0 Å². The molecule has 0 saturated carbocycles. The third-order valence-corrected chi connectivity index (χ3v) is 4.60. The van der Waals surface area contributed by atoms with Crippen molar-refractivity contribution in [3.8, 4) is 11.5 Å². The van der Waals surface area contributed by atoms with Crippen LogP contribution in [0.4, 0.5) is 0 Å². The molecule has 5 heteroatoms. The quantitative estimate of drug-likeness (QED) is 0.823. The van der Waals surface area contributed by atoms with Gasteiger partial charge in [-0.05, 0) is 61.2 Å². The summed E-state index contributed by atoms with van der Waals surface area (Å²) in [5.41, 5.74) is 7.94. The SMILES string of the molecule is NCc1cc(Br)c(OCC2Cc3ccccc3O2)c(Br)c1. The Morgan fingerprint density at radius 1 is 1.19 bits per heavy atom. The number of nitrogens with two attached hydrogens (primary N) is 1. The molecule has 0 radical (unpaired) electrons. The normalized spacial score (nSPS) is 16.4. The van der Waals surface area contributed by atoms with E-state index in [0.29, 0.717) is 13.2 Å². The second-order valence-electron chi connectivity index (χ2n) is 4.96. The summed E-state index contributed by atoms with van der Waals surface area (Å²) in [5.74, 6) is 1.74. The number of halogens is 2. The number of fused-ring (bicyclic) bond motifs is 1. The van der Waals surface area contributed by atoms with Gasteiger partial charge >= 0.3 is 0 Å². The third-order valence-electron chi connectivity index (χ3n) is 3.42. The van der Waals surface area contributed by atoms with E-state index in [1.54, 1.807) is 0 Å². The molecule has 2 aromatic rings. The minimum absolute atomic E-state index is 0.0513. The zero-order valence-electron chi connectivity index (χ0n) is 11.3. The van der Waals surface area contributed by atoms with Gasteiger partial charge in [0.15, 0.2) is 0 Å². The van der Waals surface area contributed by atoms with Gasteiger partial charge in [0.05, 0.1) is 8.95 Å². The first-order chi connectivity index (χ1) is 10.2. The summed E-state index contributed by atoms with van der Waals surface area (Å²) in [6, 6.07) is 12.1. The Kier molecular flexibility index (Phi) is 4.52. The monoisotopic (exact) mass is 411 g/mol. The standard InChI is InChI=1S/C16H15Br2NO2/c17-13-5-10(8-19)6-14(18)16(13)20-9-12-7-11-3-1-2-4-15(11)21-12/h1-6,12H,7-9,19H2. The minimum Gasteiger partial charge on any atom is -0.487 e. The van der Waals surface area contributed by atoms with Crippen LogP contribution in [-0.4, -0.2) is 12.7 Å². The number of rotatable bonds is 4. The fraction of sp³-hybridized carbons (Fsp3) is 0.250. The molecule has 1 heterocycles. The molecule has 3 nitrogen and oxygen atoms in total. The fourth-order valence-corrected chi connectivity index (χ4v) is 3.90. The van der Waals surface area contributed by atoms with Gasteiger partial charge in [0, 0.05) is 13.0 Å². The van der Waals surface area contributed by atoms with Gasteiger partial charge in [0.25, 0.3) is 0 Å². The molecular weight excluding hydrogens is 398 g/mol. The largest absolute Gasteiger partial charge is 0.487 e. The fourth-order valence-electron chi connectivity index (χ4n) is 2.39. The van der Waals surface area contributed by atoms with Gasteiger partial charge in [0.2, 0.25) is 0 Å². The molecule has 3 rings (SSSR count). The van der Waals surface area contributed by atoms with Crippen molar-refractivity contribution in [3.05, 3.63) is 56.5 Å². The first-order valence-electron chi connectivity index (χ1n) is 6.72. The Morgan fingerprint density at radius 2 is 1.90 bits per heavy atom. The van der Waals surface area contributed by atoms with Gasteiger partial charge in [-0.15, -0.1) is 0 Å². The van der Waals surface area contributed by atoms with Crippen LogP contribution in [0.5, 0.6) is 11.5 Å². The number of ether oxygens (including phenoxy) is 2. The smallest absolute Gasteiger partial charge is 0.147 e. The summed E-state index contributed by atoms with van der Waals surface area (Å²) in [4.78, 5) is 0. The van der Waals surface area contributed by atoms with Crippen LogP contribution >= 0.6 is 31.9 Å². The third kappa shape index (κ3) is 3.25. The first kappa shape index (κ1) is 14.9. The van der Waals surface area contributed by atoms with Gasteiger partial charge in [0.1, 0.15) is 24.2 Å². The van der Waals surface area contributed by atoms with E-state index in [1.807, 2.05) is 30.3 Å². The Morgan fingerprint density at radius 3 is 2.57 bits per heavy atom. The lowest BCUT2D eigenvalue weighted by atomic mass is 10.1. The molecule has 1 unspecified atom stereocenters. The van der Waals surface area contributed by atoms with Gasteiger partial charge in [-0.1, -0.05) is 18.2 Å². The summed E-state index contributed by atoms with van der Waals surface area (Å²) in [6.07, 6.45) is 0.933. The highest BCUT2D eigenvalue weighted by Crippen LogP contribution is 2.35. The van der Waals surface area contributed by atoms with Crippen LogP contribution in [0.25, 0.3) is 0 Å².